The van der Waals surface area contributed by atoms with Crippen molar-refractivity contribution in [1.82, 2.24) is 5.32 Å². The lowest BCUT2D eigenvalue weighted by Gasteiger charge is -2.06. The summed E-state index contributed by atoms with van der Waals surface area (Å²) in [5, 5.41) is 2.91. The number of esters is 1. The summed E-state index contributed by atoms with van der Waals surface area (Å²) in [4.78, 5) is 11.0. The molecule has 0 aliphatic rings. The zero-order chi connectivity index (χ0) is 12.7. The first-order chi connectivity index (χ1) is 8.13. The summed E-state index contributed by atoms with van der Waals surface area (Å²) in [6, 6.07) is 4.82. The second kappa shape index (κ2) is 7.40. The van der Waals surface area contributed by atoms with Crippen molar-refractivity contribution in [2.45, 2.75) is 13.3 Å². The fraction of sp³-hybridized carbons (Fsp3) is 0.417. The minimum Gasteiger partial charge on any atom is -0.465 e. The van der Waals surface area contributed by atoms with Gasteiger partial charge in [-0.1, -0.05) is 15.9 Å². The van der Waals surface area contributed by atoms with Crippen molar-refractivity contribution in [2.75, 3.05) is 19.7 Å². The van der Waals surface area contributed by atoms with Gasteiger partial charge in [-0.05, 0) is 43.7 Å². The molecule has 1 rings (SSSR count). The Hall–Kier alpha value is -0.940. The van der Waals surface area contributed by atoms with E-state index in [1.54, 1.807) is 19.1 Å². The Morgan fingerprint density at radius 3 is 3.00 bits per heavy atom. The number of hydrogen-bond acceptors (Lipinski definition) is 3. The predicted molar refractivity (Wildman–Crippen MR) is 67.3 cm³/mol. The second-order valence-corrected chi connectivity index (χ2v) is 4.38. The molecule has 0 saturated heterocycles. The van der Waals surface area contributed by atoms with Crippen molar-refractivity contribution < 1.29 is 13.9 Å². The van der Waals surface area contributed by atoms with E-state index in [0.29, 0.717) is 25.1 Å². The highest BCUT2D eigenvalue weighted by Crippen LogP contribution is 2.15. The molecule has 0 fully saturated rings. The maximum Gasteiger partial charge on any atom is 0.319 e. The van der Waals surface area contributed by atoms with Crippen LogP contribution in [0, 0.1) is 5.82 Å². The van der Waals surface area contributed by atoms with Gasteiger partial charge in [-0.2, -0.15) is 0 Å². The largest absolute Gasteiger partial charge is 0.465 e. The van der Waals surface area contributed by atoms with Gasteiger partial charge in [0.05, 0.1) is 13.2 Å². The molecule has 0 atom stereocenters. The van der Waals surface area contributed by atoms with Gasteiger partial charge in [0, 0.05) is 4.47 Å². The van der Waals surface area contributed by atoms with Gasteiger partial charge in [0.25, 0.3) is 0 Å². The highest BCUT2D eigenvalue weighted by molar-refractivity contribution is 9.10. The molecule has 0 amide bonds. The first kappa shape index (κ1) is 14.1. The zero-order valence-corrected chi connectivity index (χ0v) is 11.2. The molecule has 0 aliphatic carbocycles. The molecule has 0 unspecified atom stereocenters. The molecule has 0 radical (unpaired) electrons. The molecule has 1 aromatic carbocycles. The maximum atomic E-state index is 13.3. The van der Waals surface area contributed by atoms with E-state index in [-0.39, 0.29) is 18.3 Å². The number of carbonyl (C=O) groups is 1. The average molecular weight is 304 g/mol. The minimum absolute atomic E-state index is 0.156. The lowest BCUT2D eigenvalue weighted by atomic mass is 10.1. The van der Waals surface area contributed by atoms with Crippen molar-refractivity contribution in [2.24, 2.45) is 0 Å². The normalized spacial score (nSPS) is 10.3. The summed E-state index contributed by atoms with van der Waals surface area (Å²) < 4.78 is 18.9. The fourth-order valence-electron chi connectivity index (χ4n) is 1.36. The first-order valence-corrected chi connectivity index (χ1v) is 6.23. The van der Waals surface area contributed by atoms with Crippen molar-refractivity contribution in [3.63, 3.8) is 0 Å². The molecule has 3 nitrogen and oxygen atoms in total. The van der Waals surface area contributed by atoms with E-state index in [1.165, 1.54) is 6.07 Å². The summed E-state index contributed by atoms with van der Waals surface area (Å²) >= 11 is 3.29. The molecule has 0 bridgehead atoms. The number of benzene rings is 1. The SMILES string of the molecule is CCOC(=O)CNCCc1cc(Br)ccc1F. The number of nitrogens with one attached hydrogen (secondary N) is 1. The van der Waals surface area contributed by atoms with E-state index in [9.17, 15) is 9.18 Å². The van der Waals surface area contributed by atoms with Crippen molar-refractivity contribution in [3.05, 3.63) is 34.1 Å². The van der Waals surface area contributed by atoms with Gasteiger partial charge in [-0.15, -0.1) is 0 Å². The van der Waals surface area contributed by atoms with E-state index in [2.05, 4.69) is 21.2 Å². The predicted octanol–water partition coefficient (Wildman–Crippen LogP) is 2.28. The Balaban J connectivity index is 2.31. The zero-order valence-electron chi connectivity index (χ0n) is 9.63. The third-order valence-corrected chi connectivity index (χ3v) is 2.65. The lowest BCUT2D eigenvalue weighted by molar-refractivity contribution is -0.141. The van der Waals surface area contributed by atoms with Crippen LogP contribution in [0.1, 0.15) is 12.5 Å². The maximum absolute atomic E-state index is 13.3. The molecule has 94 valence electrons. The Morgan fingerprint density at radius 2 is 2.29 bits per heavy atom. The molecule has 1 aromatic rings. The smallest absolute Gasteiger partial charge is 0.319 e. The number of rotatable bonds is 6. The van der Waals surface area contributed by atoms with Gasteiger partial charge < -0.3 is 10.1 Å². The topological polar surface area (TPSA) is 38.3 Å². The van der Waals surface area contributed by atoms with Gasteiger partial charge in [-0.25, -0.2) is 4.39 Å². The van der Waals surface area contributed by atoms with Crippen molar-refractivity contribution >= 4 is 21.9 Å². The van der Waals surface area contributed by atoms with Crippen molar-refractivity contribution in [3.8, 4) is 0 Å². The number of carbonyl (C=O) groups excluding carboxylic acids is 1. The van der Waals surface area contributed by atoms with Crippen LogP contribution in [-0.4, -0.2) is 25.7 Å². The monoisotopic (exact) mass is 303 g/mol. The standard InChI is InChI=1S/C12H15BrFNO2/c1-2-17-12(16)8-15-6-5-9-7-10(13)3-4-11(9)14/h3-4,7,15H,2,5-6,8H2,1H3. The molecule has 0 heterocycles. The number of hydrogen-bond donors (Lipinski definition) is 1. The Morgan fingerprint density at radius 1 is 1.53 bits per heavy atom. The van der Waals surface area contributed by atoms with Crippen LogP contribution in [0.4, 0.5) is 4.39 Å². The third kappa shape index (κ3) is 5.28. The van der Waals surface area contributed by atoms with Crippen LogP contribution < -0.4 is 5.32 Å². The summed E-state index contributed by atoms with van der Waals surface area (Å²) in [7, 11) is 0. The Kier molecular flexibility index (Phi) is 6.15. The third-order valence-electron chi connectivity index (χ3n) is 2.15. The molecular weight excluding hydrogens is 289 g/mol. The summed E-state index contributed by atoms with van der Waals surface area (Å²) in [5.41, 5.74) is 0.621. The van der Waals surface area contributed by atoms with Gasteiger partial charge in [0.1, 0.15) is 5.82 Å². The van der Waals surface area contributed by atoms with E-state index in [4.69, 9.17) is 4.74 Å². The average Bonchev–Trinajstić information content (AvgIpc) is 2.29. The van der Waals surface area contributed by atoms with E-state index in [0.717, 1.165) is 4.47 Å². The molecule has 0 aromatic heterocycles. The molecule has 0 spiro atoms. The molecular formula is C12H15BrFNO2. The molecule has 5 heteroatoms. The summed E-state index contributed by atoms with van der Waals surface area (Å²) in [5.74, 6) is -0.520. The summed E-state index contributed by atoms with van der Waals surface area (Å²) in [6.07, 6.45) is 0.532. The lowest BCUT2D eigenvalue weighted by Crippen LogP contribution is -2.26. The quantitative estimate of drug-likeness (QED) is 0.647. The number of ether oxygens (including phenoxy) is 1. The van der Waals surface area contributed by atoms with Crippen LogP contribution in [-0.2, 0) is 16.0 Å². The van der Waals surface area contributed by atoms with Gasteiger partial charge in [0.2, 0.25) is 0 Å². The molecule has 0 aliphatic heterocycles. The molecule has 0 saturated carbocycles. The van der Waals surface area contributed by atoms with Crippen LogP contribution in [0.3, 0.4) is 0 Å². The minimum atomic E-state index is -0.290. The second-order valence-electron chi connectivity index (χ2n) is 3.47. The highest BCUT2D eigenvalue weighted by Gasteiger charge is 2.04. The van der Waals surface area contributed by atoms with Crippen LogP contribution in [0.15, 0.2) is 22.7 Å². The Labute approximate surface area is 108 Å². The van der Waals surface area contributed by atoms with Crippen LogP contribution in [0.25, 0.3) is 0 Å². The van der Waals surface area contributed by atoms with Gasteiger partial charge in [0.15, 0.2) is 0 Å². The van der Waals surface area contributed by atoms with Crippen LogP contribution >= 0.6 is 15.9 Å². The van der Waals surface area contributed by atoms with Gasteiger partial charge >= 0.3 is 5.97 Å². The highest BCUT2D eigenvalue weighted by atomic mass is 79.9. The van der Waals surface area contributed by atoms with Crippen LogP contribution in [0.2, 0.25) is 0 Å². The van der Waals surface area contributed by atoms with Gasteiger partial charge in [-0.3, -0.25) is 4.79 Å². The summed E-state index contributed by atoms with van der Waals surface area (Å²) in [6.45, 7) is 2.82. The number of halogens is 2. The first-order valence-electron chi connectivity index (χ1n) is 5.43. The van der Waals surface area contributed by atoms with Crippen molar-refractivity contribution in [1.29, 1.82) is 0 Å². The van der Waals surface area contributed by atoms with E-state index >= 15 is 0 Å². The molecule has 1 N–H and O–H groups in total. The Bertz CT molecular complexity index is 385. The fourth-order valence-corrected chi connectivity index (χ4v) is 1.77. The van der Waals surface area contributed by atoms with E-state index in [1.807, 2.05) is 0 Å². The van der Waals surface area contributed by atoms with Crippen LogP contribution in [0.5, 0.6) is 0 Å². The molecule has 17 heavy (non-hydrogen) atoms. The van der Waals surface area contributed by atoms with E-state index < -0.39 is 0 Å².